The van der Waals surface area contributed by atoms with E-state index in [9.17, 15) is 13.6 Å². The molecule has 0 aromatic heterocycles. The summed E-state index contributed by atoms with van der Waals surface area (Å²) >= 11 is 0. The third-order valence-corrected chi connectivity index (χ3v) is 4.98. The van der Waals surface area contributed by atoms with Gasteiger partial charge in [0.15, 0.2) is 11.6 Å². The maximum absolute atomic E-state index is 13.2. The molecule has 0 spiro atoms. The monoisotopic (exact) mass is 373 g/mol. The van der Waals surface area contributed by atoms with Gasteiger partial charge >= 0.3 is 0 Å². The van der Waals surface area contributed by atoms with Crippen LogP contribution in [-0.2, 0) is 11.2 Å². The van der Waals surface area contributed by atoms with Gasteiger partial charge in [0.2, 0.25) is 5.91 Å². The van der Waals surface area contributed by atoms with Crippen LogP contribution < -0.4 is 10.2 Å². The normalized spacial score (nSPS) is 15.0. The molecule has 1 heterocycles. The van der Waals surface area contributed by atoms with Crippen molar-refractivity contribution >= 4 is 17.3 Å². The van der Waals surface area contributed by atoms with Gasteiger partial charge < -0.3 is 15.1 Å². The van der Waals surface area contributed by atoms with E-state index in [2.05, 4.69) is 28.2 Å². The molecule has 2 aromatic carbocycles. The van der Waals surface area contributed by atoms with Crippen LogP contribution in [0.3, 0.4) is 0 Å². The van der Waals surface area contributed by atoms with Crippen molar-refractivity contribution in [1.82, 2.24) is 4.90 Å². The minimum Gasteiger partial charge on any atom is -0.369 e. The quantitative estimate of drug-likeness (QED) is 0.870. The van der Waals surface area contributed by atoms with Gasteiger partial charge in [-0.1, -0.05) is 6.07 Å². The Morgan fingerprint density at radius 1 is 1.04 bits per heavy atom. The maximum atomic E-state index is 13.2. The minimum atomic E-state index is -0.886. The van der Waals surface area contributed by atoms with Gasteiger partial charge in [-0.05, 0) is 61.9 Å². The van der Waals surface area contributed by atoms with Crippen LogP contribution in [0.25, 0.3) is 0 Å². The number of carbonyl (C=O) groups is 1. The number of rotatable bonds is 5. The van der Waals surface area contributed by atoms with Crippen molar-refractivity contribution in [3.05, 3.63) is 59.2 Å². The Hall–Kier alpha value is -2.47. The average molecular weight is 373 g/mol. The molecular formula is C21H25F2N3O. The summed E-state index contributed by atoms with van der Waals surface area (Å²) in [5, 5.41) is 2.91. The summed E-state index contributed by atoms with van der Waals surface area (Å²) in [6, 6.07) is 9.78. The highest BCUT2D eigenvalue weighted by Gasteiger charge is 2.15. The number of nitrogens with one attached hydrogen (secondary N) is 1. The Labute approximate surface area is 158 Å². The number of amides is 1. The summed E-state index contributed by atoms with van der Waals surface area (Å²) in [7, 11) is 2.13. The van der Waals surface area contributed by atoms with Crippen molar-refractivity contribution in [3.63, 3.8) is 0 Å². The van der Waals surface area contributed by atoms with E-state index in [0.717, 1.165) is 49.6 Å². The van der Waals surface area contributed by atoms with Crippen LogP contribution in [0.2, 0.25) is 0 Å². The summed E-state index contributed by atoms with van der Waals surface area (Å²) in [5.74, 6) is -1.90. The molecular weight excluding hydrogens is 348 g/mol. The molecule has 2 aromatic rings. The number of hydrogen-bond acceptors (Lipinski definition) is 3. The van der Waals surface area contributed by atoms with Crippen molar-refractivity contribution in [2.24, 2.45) is 0 Å². The van der Waals surface area contributed by atoms with E-state index < -0.39 is 11.6 Å². The lowest BCUT2D eigenvalue weighted by atomic mass is 10.1. The molecule has 3 rings (SSSR count). The van der Waals surface area contributed by atoms with E-state index in [1.165, 1.54) is 11.8 Å². The molecule has 144 valence electrons. The fraction of sp³-hybridized carbons (Fsp3) is 0.381. The van der Waals surface area contributed by atoms with E-state index in [0.29, 0.717) is 12.0 Å². The Balaban J connectivity index is 1.56. The summed E-state index contributed by atoms with van der Waals surface area (Å²) in [4.78, 5) is 16.9. The van der Waals surface area contributed by atoms with Crippen molar-refractivity contribution in [2.45, 2.75) is 19.8 Å². The number of aryl methyl sites for hydroxylation is 2. The lowest BCUT2D eigenvalue weighted by Crippen LogP contribution is -2.44. The number of carbonyl (C=O) groups excluding carboxylic acids is 1. The summed E-state index contributed by atoms with van der Waals surface area (Å²) in [5.41, 5.74) is 3.56. The molecule has 1 aliphatic heterocycles. The predicted octanol–water partition coefficient (Wildman–Crippen LogP) is 3.60. The van der Waals surface area contributed by atoms with E-state index >= 15 is 0 Å². The summed E-state index contributed by atoms with van der Waals surface area (Å²) in [6.45, 7) is 6.05. The molecule has 0 bridgehead atoms. The maximum Gasteiger partial charge on any atom is 0.224 e. The van der Waals surface area contributed by atoms with Crippen LogP contribution in [0, 0.1) is 18.6 Å². The average Bonchev–Trinajstić information content (AvgIpc) is 2.65. The van der Waals surface area contributed by atoms with Crippen LogP contribution >= 0.6 is 0 Å². The Morgan fingerprint density at radius 3 is 2.44 bits per heavy atom. The SMILES string of the molecule is Cc1cc(N2CCN(C)CC2)ccc1NC(=O)CCc1ccc(F)c(F)c1. The smallest absolute Gasteiger partial charge is 0.224 e. The molecule has 6 heteroatoms. The van der Waals surface area contributed by atoms with Crippen LogP contribution in [-0.4, -0.2) is 44.0 Å². The third kappa shape index (κ3) is 5.04. The summed E-state index contributed by atoms with van der Waals surface area (Å²) in [6.07, 6.45) is 0.576. The largest absolute Gasteiger partial charge is 0.369 e. The zero-order valence-corrected chi connectivity index (χ0v) is 15.8. The first-order valence-electron chi connectivity index (χ1n) is 9.20. The second-order valence-corrected chi connectivity index (χ2v) is 7.09. The molecule has 1 N–H and O–H groups in total. The van der Waals surface area contributed by atoms with Gasteiger partial charge in [0.1, 0.15) is 0 Å². The first kappa shape index (κ1) is 19.3. The zero-order valence-electron chi connectivity index (χ0n) is 15.8. The number of hydrogen-bond donors (Lipinski definition) is 1. The third-order valence-electron chi connectivity index (χ3n) is 4.98. The number of anilines is 2. The molecule has 0 aliphatic carbocycles. The van der Waals surface area contributed by atoms with Gasteiger partial charge in [0, 0.05) is 44.0 Å². The highest BCUT2D eigenvalue weighted by atomic mass is 19.2. The molecule has 4 nitrogen and oxygen atoms in total. The molecule has 0 radical (unpaired) electrons. The second kappa shape index (κ2) is 8.48. The molecule has 1 amide bonds. The van der Waals surface area contributed by atoms with Gasteiger partial charge in [-0.3, -0.25) is 4.79 Å². The van der Waals surface area contributed by atoms with Crippen LogP contribution in [0.4, 0.5) is 20.2 Å². The van der Waals surface area contributed by atoms with Gasteiger partial charge in [-0.15, -0.1) is 0 Å². The summed E-state index contributed by atoms with van der Waals surface area (Å²) < 4.78 is 26.2. The Kier molecular flexibility index (Phi) is 6.06. The second-order valence-electron chi connectivity index (χ2n) is 7.09. The number of halogens is 2. The zero-order chi connectivity index (χ0) is 19.4. The van der Waals surface area contributed by atoms with Crippen molar-refractivity contribution in [2.75, 3.05) is 43.4 Å². The first-order chi connectivity index (χ1) is 12.9. The molecule has 27 heavy (non-hydrogen) atoms. The topological polar surface area (TPSA) is 35.6 Å². The van der Waals surface area contributed by atoms with Gasteiger partial charge in [-0.2, -0.15) is 0 Å². The number of benzene rings is 2. The van der Waals surface area contributed by atoms with Gasteiger partial charge in [0.25, 0.3) is 0 Å². The van der Waals surface area contributed by atoms with E-state index in [1.807, 2.05) is 19.1 Å². The molecule has 1 saturated heterocycles. The van der Waals surface area contributed by atoms with Crippen LogP contribution in [0.15, 0.2) is 36.4 Å². The minimum absolute atomic E-state index is 0.143. The van der Waals surface area contributed by atoms with Gasteiger partial charge in [0.05, 0.1) is 0 Å². The van der Waals surface area contributed by atoms with Crippen molar-refractivity contribution in [1.29, 1.82) is 0 Å². The Bertz CT molecular complexity index is 817. The number of piperazine rings is 1. The first-order valence-corrected chi connectivity index (χ1v) is 9.20. The fourth-order valence-corrected chi connectivity index (χ4v) is 3.22. The van der Waals surface area contributed by atoms with Crippen molar-refractivity contribution < 1.29 is 13.6 Å². The highest BCUT2D eigenvalue weighted by Crippen LogP contribution is 2.24. The van der Waals surface area contributed by atoms with E-state index in [4.69, 9.17) is 0 Å². The lowest BCUT2D eigenvalue weighted by molar-refractivity contribution is -0.116. The molecule has 1 aliphatic rings. The standard InChI is InChI=1S/C21H25F2N3O/c1-15-13-17(26-11-9-25(2)10-12-26)5-7-20(15)24-21(27)8-4-16-3-6-18(22)19(23)14-16/h3,5-7,13-14H,4,8-12H2,1-2H3,(H,24,27). The van der Waals surface area contributed by atoms with E-state index in [1.54, 1.807) is 0 Å². The molecule has 0 atom stereocenters. The van der Waals surface area contributed by atoms with Crippen molar-refractivity contribution in [3.8, 4) is 0 Å². The predicted molar refractivity (Wildman–Crippen MR) is 104 cm³/mol. The van der Waals surface area contributed by atoms with E-state index in [-0.39, 0.29) is 12.3 Å². The molecule has 0 saturated carbocycles. The fourth-order valence-electron chi connectivity index (χ4n) is 3.22. The van der Waals surface area contributed by atoms with Crippen LogP contribution in [0.5, 0.6) is 0 Å². The van der Waals surface area contributed by atoms with Crippen LogP contribution in [0.1, 0.15) is 17.5 Å². The Morgan fingerprint density at radius 2 is 1.78 bits per heavy atom. The molecule has 0 unspecified atom stereocenters. The molecule has 1 fully saturated rings. The number of nitrogens with zero attached hydrogens (tertiary/aromatic N) is 2. The van der Waals surface area contributed by atoms with Gasteiger partial charge in [-0.25, -0.2) is 8.78 Å². The highest BCUT2D eigenvalue weighted by molar-refractivity contribution is 5.91. The number of likely N-dealkylation sites (N-methyl/N-ethyl adjacent to an activating group) is 1. The lowest BCUT2D eigenvalue weighted by Gasteiger charge is -2.34.